The lowest BCUT2D eigenvalue weighted by molar-refractivity contribution is 0.488. The third-order valence-corrected chi connectivity index (χ3v) is 3.76. The van der Waals surface area contributed by atoms with Gasteiger partial charge in [-0.15, -0.1) is 0 Å². The smallest absolute Gasteiger partial charge is 0.127 e. The van der Waals surface area contributed by atoms with Crippen LogP contribution in [0, 0.1) is 0 Å². The van der Waals surface area contributed by atoms with Crippen molar-refractivity contribution in [1.82, 2.24) is 15.0 Å². The van der Waals surface area contributed by atoms with Gasteiger partial charge >= 0.3 is 0 Å². The number of halogens is 1. The van der Waals surface area contributed by atoms with Crippen molar-refractivity contribution in [1.29, 1.82) is 0 Å². The molecule has 18 heavy (non-hydrogen) atoms. The Labute approximate surface area is 117 Å². The van der Waals surface area contributed by atoms with Gasteiger partial charge in [0.25, 0.3) is 0 Å². The fraction of sp³-hybridized carbons (Fsp3) is 0.571. The van der Waals surface area contributed by atoms with E-state index in [2.05, 4.69) is 33.1 Å². The third kappa shape index (κ3) is 3.55. The van der Waals surface area contributed by atoms with Crippen LogP contribution in [-0.2, 0) is 6.54 Å². The van der Waals surface area contributed by atoms with Crippen LogP contribution in [-0.4, -0.2) is 15.0 Å². The molecule has 0 saturated carbocycles. The minimum absolute atomic E-state index is 0.924. The Kier molecular flexibility index (Phi) is 5.17. The van der Waals surface area contributed by atoms with E-state index >= 15 is 0 Å². The van der Waals surface area contributed by atoms with Gasteiger partial charge in [0.05, 0.1) is 6.54 Å². The topological polar surface area (TPSA) is 30.7 Å². The molecular formula is C14H20BrN3. The van der Waals surface area contributed by atoms with Crippen molar-refractivity contribution >= 4 is 27.0 Å². The van der Waals surface area contributed by atoms with E-state index in [1.165, 1.54) is 38.5 Å². The van der Waals surface area contributed by atoms with E-state index in [0.29, 0.717) is 0 Å². The monoisotopic (exact) mass is 309 g/mol. The number of nitrogens with zero attached hydrogens (tertiary/aromatic N) is 3. The Morgan fingerprint density at radius 2 is 1.83 bits per heavy atom. The molecule has 0 unspecified atom stereocenters. The molecule has 0 bridgehead atoms. The van der Waals surface area contributed by atoms with E-state index in [0.717, 1.165) is 22.1 Å². The quantitative estimate of drug-likeness (QED) is 0.702. The Hall–Kier alpha value is -0.900. The van der Waals surface area contributed by atoms with Gasteiger partial charge in [0, 0.05) is 4.47 Å². The van der Waals surface area contributed by atoms with Gasteiger partial charge in [-0.2, -0.15) is 15.0 Å². The molecule has 0 amide bonds. The molecular weight excluding hydrogens is 290 g/mol. The van der Waals surface area contributed by atoms with E-state index < -0.39 is 0 Å². The van der Waals surface area contributed by atoms with Crippen LogP contribution in [0.5, 0.6) is 0 Å². The zero-order valence-electron chi connectivity index (χ0n) is 10.9. The third-order valence-electron chi connectivity index (χ3n) is 3.12. The maximum atomic E-state index is 4.50. The van der Waals surface area contributed by atoms with Gasteiger partial charge in [-0.25, -0.2) is 0 Å². The van der Waals surface area contributed by atoms with Crippen molar-refractivity contribution in [3.8, 4) is 0 Å². The highest BCUT2D eigenvalue weighted by Gasteiger charge is 2.04. The van der Waals surface area contributed by atoms with Gasteiger partial charge in [0.2, 0.25) is 0 Å². The molecule has 1 aromatic carbocycles. The Bertz CT molecular complexity index is 493. The lowest BCUT2D eigenvalue weighted by Crippen LogP contribution is -2.02. The van der Waals surface area contributed by atoms with Crippen LogP contribution >= 0.6 is 15.9 Å². The predicted molar refractivity (Wildman–Crippen MR) is 78.6 cm³/mol. The number of aromatic nitrogens is 3. The second-order valence-corrected chi connectivity index (χ2v) is 5.53. The maximum Gasteiger partial charge on any atom is 0.127 e. The molecule has 0 saturated heterocycles. The number of hydrogen-bond acceptors (Lipinski definition) is 2. The molecule has 0 spiro atoms. The first kappa shape index (κ1) is 13.5. The summed E-state index contributed by atoms with van der Waals surface area (Å²) in [6.07, 6.45) is 7.80. The van der Waals surface area contributed by atoms with Crippen LogP contribution < -0.4 is 0 Å². The zero-order chi connectivity index (χ0) is 12.8. The summed E-state index contributed by atoms with van der Waals surface area (Å²) in [5, 5.41) is 8.99. The largest absolute Gasteiger partial charge is 0.184 e. The molecule has 0 aliphatic rings. The van der Waals surface area contributed by atoms with Gasteiger partial charge < -0.3 is 0 Å². The fourth-order valence-electron chi connectivity index (χ4n) is 2.08. The molecule has 0 fully saturated rings. The first-order valence-corrected chi connectivity index (χ1v) is 7.60. The lowest BCUT2D eigenvalue weighted by atomic mass is 10.1. The Morgan fingerprint density at radius 3 is 2.61 bits per heavy atom. The predicted octanol–water partition coefficient (Wildman–Crippen LogP) is 4.55. The standard InChI is InChI=1S/C14H20BrN3/c1-2-3-4-5-6-7-11-18-16-13-10-8-9-12(15)14(13)17-18/h8-10H,2-7,11H2,1H3. The van der Waals surface area contributed by atoms with Crippen LogP contribution in [0.2, 0.25) is 0 Å². The normalized spacial score (nSPS) is 11.2. The van der Waals surface area contributed by atoms with Crippen molar-refractivity contribution in [3.05, 3.63) is 22.7 Å². The lowest BCUT2D eigenvalue weighted by Gasteiger charge is -2.00. The van der Waals surface area contributed by atoms with E-state index in [4.69, 9.17) is 0 Å². The number of aryl methyl sites for hydroxylation is 1. The number of benzene rings is 1. The van der Waals surface area contributed by atoms with Gasteiger partial charge in [-0.1, -0.05) is 45.1 Å². The SMILES string of the molecule is CCCCCCCCn1nc2cccc(Br)c2n1. The second-order valence-electron chi connectivity index (χ2n) is 4.67. The average molecular weight is 310 g/mol. The minimum atomic E-state index is 0.924. The summed E-state index contributed by atoms with van der Waals surface area (Å²) in [7, 11) is 0. The first-order valence-electron chi connectivity index (χ1n) is 6.80. The molecule has 0 aliphatic heterocycles. The molecule has 3 nitrogen and oxygen atoms in total. The molecule has 1 heterocycles. The van der Waals surface area contributed by atoms with Gasteiger partial charge in [0.15, 0.2) is 0 Å². The highest BCUT2D eigenvalue weighted by molar-refractivity contribution is 9.10. The fourth-order valence-corrected chi connectivity index (χ4v) is 2.51. The second kappa shape index (κ2) is 6.88. The van der Waals surface area contributed by atoms with Crippen LogP contribution in [0.25, 0.3) is 11.0 Å². The number of rotatable bonds is 7. The summed E-state index contributed by atoms with van der Waals surface area (Å²) >= 11 is 3.50. The summed E-state index contributed by atoms with van der Waals surface area (Å²) in [6, 6.07) is 6.01. The Balaban J connectivity index is 1.83. The van der Waals surface area contributed by atoms with Crippen molar-refractivity contribution < 1.29 is 0 Å². The molecule has 0 aliphatic carbocycles. The van der Waals surface area contributed by atoms with Gasteiger partial charge in [-0.05, 0) is 34.5 Å². The first-order chi connectivity index (χ1) is 8.81. The molecule has 2 rings (SSSR count). The molecule has 98 valence electrons. The molecule has 0 N–H and O–H groups in total. The van der Waals surface area contributed by atoms with E-state index in [1.807, 2.05) is 23.0 Å². The summed E-state index contributed by atoms with van der Waals surface area (Å²) in [5.74, 6) is 0. The van der Waals surface area contributed by atoms with Crippen molar-refractivity contribution in [2.45, 2.75) is 52.0 Å². The van der Waals surface area contributed by atoms with Gasteiger partial charge in [0.1, 0.15) is 11.0 Å². The molecule has 4 heteroatoms. The highest BCUT2D eigenvalue weighted by Crippen LogP contribution is 2.20. The van der Waals surface area contributed by atoms with Crippen molar-refractivity contribution in [2.75, 3.05) is 0 Å². The summed E-state index contributed by atoms with van der Waals surface area (Å²) in [6.45, 7) is 3.17. The summed E-state index contributed by atoms with van der Waals surface area (Å²) in [4.78, 5) is 1.83. The zero-order valence-corrected chi connectivity index (χ0v) is 12.5. The summed E-state index contributed by atoms with van der Waals surface area (Å²) < 4.78 is 1.02. The summed E-state index contributed by atoms with van der Waals surface area (Å²) in [5.41, 5.74) is 1.93. The van der Waals surface area contributed by atoms with Crippen LogP contribution in [0.15, 0.2) is 22.7 Å². The molecule has 0 atom stereocenters. The maximum absolute atomic E-state index is 4.50. The van der Waals surface area contributed by atoms with Gasteiger partial charge in [-0.3, -0.25) is 0 Å². The number of unbranched alkanes of at least 4 members (excludes halogenated alkanes) is 5. The van der Waals surface area contributed by atoms with Crippen LogP contribution in [0.1, 0.15) is 45.4 Å². The number of hydrogen-bond donors (Lipinski definition) is 0. The van der Waals surface area contributed by atoms with Crippen molar-refractivity contribution in [2.24, 2.45) is 0 Å². The van der Waals surface area contributed by atoms with Crippen LogP contribution in [0.4, 0.5) is 0 Å². The van der Waals surface area contributed by atoms with E-state index in [-0.39, 0.29) is 0 Å². The molecule has 2 aromatic rings. The van der Waals surface area contributed by atoms with E-state index in [1.54, 1.807) is 0 Å². The average Bonchev–Trinajstić information content (AvgIpc) is 2.78. The minimum Gasteiger partial charge on any atom is -0.184 e. The Morgan fingerprint density at radius 1 is 1.06 bits per heavy atom. The number of fused-ring (bicyclic) bond motifs is 1. The molecule has 0 radical (unpaired) electrons. The molecule has 1 aromatic heterocycles. The van der Waals surface area contributed by atoms with Crippen molar-refractivity contribution in [3.63, 3.8) is 0 Å². The van der Waals surface area contributed by atoms with Crippen LogP contribution in [0.3, 0.4) is 0 Å². The van der Waals surface area contributed by atoms with E-state index in [9.17, 15) is 0 Å². The highest BCUT2D eigenvalue weighted by atomic mass is 79.9.